The van der Waals surface area contributed by atoms with E-state index in [0.717, 1.165) is 33.0 Å². The number of ether oxygens (including phenoxy) is 1. The average Bonchev–Trinajstić information content (AvgIpc) is 3.09. The molecular formula is C32H34O2. The lowest BCUT2D eigenvalue weighted by atomic mass is 9.84. The Balaban J connectivity index is 1.65. The van der Waals surface area contributed by atoms with Crippen LogP contribution in [0.4, 0.5) is 0 Å². The fourth-order valence-corrected chi connectivity index (χ4v) is 4.89. The van der Waals surface area contributed by atoms with Crippen molar-refractivity contribution < 1.29 is 9.84 Å². The summed E-state index contributed by atoms with van der Waals surface area (Å²) in [5.74, 6) is -1.51. The number of aliphatic hydroxyl groups is 1. The highest BCUT2D eigenvalue weighted by Crippen LogP contribution is 2.50. The minimum absolute atomic E-state index is 0.0448. The van der Waals surface area contributed by atoms with Crippen LogP contribution < -0.4 is 0 Å². The fraction of sp³-hybridized carbons (Fsp3) is 0.312. The van der Waals surface area contributed by atoms with Crippen LogP contribution in [-0.4, -0.2) is 5.11 Å². The van der Waals surface area contributed by atoms with Gasteiger partial charge in [0, 0.05) is 11.1 Å². The standard InChI is InChI=1S/C32H34O2/c1-30(2,3)24-13-11-21(12-14-24)29-27-19-22-9-7-8-10-23(22)20-28(27)32(33,34-29)26-17-15-25(16-18-26)31(4,5)6/h7-20,29,33H,1-6H3. The predicted octanol–water partition coefficient (Wildman–Crippen LogP) is 7.75. The molecule has 0 bridgehead atoms. The molecule has 0 aromatic heterocycles. The maximum atomic E-state index is 12.1. The van der Waals surface area contributed by atoms with Crippen molar-refractivity contribution in [3.63, 3.8) is 0 Å². The van der Waals surface area contributed by atoms with Crippen molar-refractivity contribution in [3.05, 3.63) is 118 Å². The van der Waals surface area contributed by atoms with Gasteiger partial charge in [-0.05, 0) is 56.0 Å². The van der Waals surface area contributed by atoms with E-state index in [1.807, 2.05) is 18.2 Å². The first-order valence-corrected chi connectivity index (χ1v) is 12.1. The molecule has 0 fully saturated rings. The summed E-state index contributed by atoms with van der Waals surface area (Å²) in [6.07, 6.45) is -0.346. The first-order valence-electron chi connectivity index (χ1n) is 12.1. The van der Waals surface area contributed by atoms with Gasteiger partial charge in [0.1, 0.15) is 6.10 Å². The Morgan fingerprint density at radius 2 is 1.18 bits per heavy atom. The van der Waals surface area contributed by atoms with Crippen LogP contribution in [-0.2, 0) is 21.4 Å². The summed E-state index contributed by atoms with van der Waals surface area (Å²) >= 11 is 0. The molecule has 2 heteroatoms. The largest absolute Gasteiger partial charge is 0.358 e. The fourth-order valence-electron chi connectivity index (χ4n) is 4.89. The van der Waals surface area contributed by atoms with Crippen molar-refractivity contribution in [2.75, 3.05) is 0 Å². The smallest absolute Gasteiger partial charge is 0.221 e. The van der Waals surface area contributed by atoms with Gasteiger partial charge in [-0.25, -0.2) is 0 Å². The molecule has 2 nitrogen and oxygen atoms in total. The van der Waals surface area contributed by atoms with Crippen LogP contribution in [0.1, 0.15) is 81.0 Å². The van der Waals surface area contributed by atoms with E-state index in [4.69, 9.17) is 4.74 Å². The lowest BCUT2D eigenvalue weighted by Crippen LogP contribution is -2.27. The second-order valence-electron chi connectivity index (χ2n) is 11.6. The van der Waals surface area contributed by atoms with E-state index < -0.39 is 5.79 Å². The van der Waals surface area contributed by atoms with E-state index in [1.165, 1.54) is 11.1 Å². The second kappa shape index (κ2) is 7.80. The van der Waals surface area contributed by atoms with Gasteiger partial charge >= 0.3 is 0 Å². The van der Waals surface area contributed by atoms with Gasteiger partial charge in [-0.2, -0.15) is 0 Å². The van der Waals surface area contributed by atoms with E-state index in [9.17, 15) is 5.11 Å². The molecule has 0 aliphatic carbocycles. The third-order valence-corrected chi connectivity index (χ3v) is 7.08. The summed E-state index contributed by atoms with van der Waals surface area (Å²) in [7, 11) is 0. The SMILES string of the molecule is CC(C)(C)c1ccc(C2OC(O)(c3ccc(C(C)(C)C)cc3)c3cc4ccccc4cc32)cc1. The zero-order valence-electron chi connectivity index (χ0n) is 21.0. The molecular weight excluding hydrogens is 416 g/mol. The van der Waals surface area contributed by atoms with Gasteiger partial charge in [-0.3, -0.25) is 0 Å². The minimum Gasteiger partial charge on any atom is -0.358 e. The van der Waals surface area contributed by atoms with E-state index in [1.54, 1.807) is 0 Å². The highest BCUT2D eigenvalue weighted by molar-refractivity contribution is 5.85. The van der Waals surface area contributed by atoms with Crippen LogP contribution in [0, 0.1) is 0 Å². The summed E-state index contributed by atoms with van der Waals surface area (Å²) < 4.78 is 6.57. The molecule has 0 spiro atoms. The number of rotatable bonds is 2. The monoisotopic (exact) mass is 450 g/mol. The first kappa shape index (κ1) is 22.8. The van der Waals surface area contributed by atoms with Gasteiger partial charge in [-0.15, -0.1) is 0 Å². The van der Waals surface area contributed by atoms with Crippen molar-refractivity contribution in [1.29, 1.82) is 0 Å². The normalized spacial score (nSPS) is 20.5. The molecule has 0 saturated heterocycles. The van der Waals surface area contributed by atoms with Gasteiger partial charge in [0.2, 0.25) is 5.79 Å². The first-order chi connectivity index (χ1) is 16.0. The lowest BCUT2D eigenvalue weighted by molar-refractivity contribution is -0.183. The van der Waals surface area contributed by atoms with Crippen LogP contribution in [0.25, 0.3) is 10.8 Å². The van der Waals surface area contributed by atoms with E-state index in [-0.39, 0.29) is 16.9 Å². The Morgan fingerprint density at radius 3 is 1.71 bits per heavy atom. The summed E-state index contributed by atoms with van der Waals surface area (Å²) in [6.45, 7) is 13.2. The zero-order chi connectivity index (χ0) is 24.3. The van der Waals surface area contributed by atoms with Crippen molar-refractivity contribution in [2.24, 2.45) is 0 Å². The molecule has 0 amide bonds. The summed E-state index contributed by atoms with van der Waals surface area (Å²) in [5.41, 5.74) is 6.27. The topological polar surface area (TPSA) is 29.5 Å². The molecule has 34 heavy (non-hydrogen) atoms. The van der Waals surface area contributed by atoms with Gasteiger partial charge in [0.15, 0.2) is 0 Å². The molecule has 1 aliphatic rings. The number of hydrogen-bond acceptors (Lipinski definition) is 2. The van der Waals surface area contributed by atoms with Gasteiger partial charge < -0.3 is 9.84 Å². The molecule has 174 valence electrons. The Kier molecular flexibility index (Phi) is 5.24. The maximum Gasteiger partial charge on any atom is 0.221 e. The predicted molar refractivity (Wildman–Crippen MR) is 140 cm³/mol. The Hall–Kier alpha value is -2.94. The summed E-state index contributed by atoms with van der Waals surface area (Å²) in [5, 5.41) is 14.3. The molecule has 0 saturated carbocycles. The average molecular weight is 451 g/mol. The molecule has 5 rings (SSSR count). The van der Waals surface area contributed by atoms with E-state index in [0.29, 0.717) is 0 Å². The van der Waals surface area contributed by atoms with Crippen LogP contribution in [0.2, 0.25) is 0 Å². The molecule has 0 radical (unpaired) electrons. The minimum atomic E-state index is -1.51. The van der Waals surface area contributed by atoms with E-state index in [2.05, 4.69) is 108 Å². The van der Waals surface area contributed by atoms with Crippen LogP contribution in [0.3, 0.4) is 0 Å². The zero-order valence-corrected chi connectivity index (χ0v) is 21.0. The lowest BCUT2D eigenvalue weighted by Gasteiger charge is -2.27. The van der Waals surface area contributed by atoms with Gasteiger partial charge in [0.05, 0.1) is 0 Å². The summed E-state index contributed by atoms with van der Waals surface area (Å²) in [4.78, 5) is 0. The third-order valence-electron chi connectivity index (χ3n) is 7.08. The van der Waals surface area contributed by atoms with Crippen molar-refractivity contribution in [2.45, 2.75) is 64.3 Å². The van der Waals surface area contributed by atoms with Crippen molar-refractivity contribution >= 4 is 10.8 Å². The Labute approximate surface area is 203 Å². The molecule has 1 aliphatic heterocycles. The highest BCUT2D eigenvalue weighted by Gasteiger charge is 2.46. The molecule has 1 N–H and O–H groups in total. The molecule has 4 aromatic carbocycles. The molecule has 2 unspecified atom stereocenters. The van der Waals surface area contributed by atoms with Gasteiger partial charge in [-0.1, -0.05) is 114 Å². The van der Waals surface area contributed by atoms with Crippen molar-refractivity contribution in [1.82, 2.24) is 0 Å². The molecule has 1 heterocycles. The Bertz CT molecular complexity index is 1340. The van der Waals surface area contributed by atoms with Gasteiger partial charge in [0.25, 0.3) is 0 Å². The number of benzene rings is 4. The quantitative estimate of drug-likeness (QED) is 0.338. The second-order valence-corrected chi connectivity index (χ2v) is 11.6. The Morgan fingerprint density at radius 1 is 0.676 bits per heavy atom. The number of hydrogen-bond donors (Lipinski definition) is 1. The van der Waals surface area contributed by atoms with E-state index >= 15 is 0 Å². The van der Waals surface area contributed by atoms with Crippen LogP contribution in [0.15, 0.2) is 84.9 Å². The molecule has 2 atom stereocenters. The van der Waals surface area contributed by atoms with Crippen molar-refractivity contribution in [3.8, 4) is 0 Å². The van der Waals surface area contributed by atoms with Crippen LogP contribution >= 0.6 is 0 Å². The number of fused-ring (bicyclic) bond motifs is 2. The highest BCUT2D eigenvalue weighted by atomic mass is 16.6. The maximum absolute atomic E-state index is 12.1. The molecule has 4 aromatic rings. The third kappa shape index (κ3) is 3.85. The summed E-state index contributed by atoms with van der Waals surface area (Å²) in [6, 6.07) is 29.4. The van der Waals surface area contributed by atoms with Crippen LogP contribution in [0.5, 0.6) is 0 Å².